The molecule has 1 aliphatic heterocycles. The first kappa shape index (κ1) is 13.3. The van der Waals surface area contributed by atoms with Gasteiger partial charge in [0.1, 0.15) is 5.82 Å². The lowest BCUT2D eigenvalue weighted by Crippen LogP contribution is -2.12. The molecule has 104 valence electrons. The first-order chi connectivity index (χ1) is 9.48. The quantitative estimate of drug-likeness (QED) is 0.815. The molecule has 1 aliphatic rings. The Labute approximate surface area is 117 Å². The van der Waals surface area contributed by atoms with Gasteiger partial charge in [0.15, 0.2) is 0 Å². The van der Waals surface area contributed by atoms with E-state index < -0.39 is 10.0 Å². The van der Waals surface area contributed by atoms with E-state index >= 15 is 0 Å². The van der Waals surface area contributed by atoms with Crippen molar-refractivity contribution in [3.8, 4) is 0 Å². The molecule has 0 aromatic heterocycles. The molecular formula is C15H14FNO2S. The predicted octanol–water partition coefficient (Wildman–Crippen LogP) is 2.88. The Bertz CT molecular complexity index is 723. The molecule has 1 fully saturated rings. The molecule has 3 rings (SSSR count). The van der Waals surface area contributed by atoms with Gasteiger partial charge in [-0.05, 0) is 36.8 Å². The van der Waals surface area contributed by atoms with Crippen LogP contribution in [0.1, 0.15) is 17.2 Å². The molecule has 2 aromatic rings. The Morgan fingerprint density at radius 2 is 1.65 bits per heavy atom. The van der Waals surface area contributed by atoms with E-state index in [-0.39, 0.29) is 11.9 Å². The second-order valence-corrected chi connectivity index (χ2v) is 6.85. The van der Waals surface area contributed by atoms with Crippen molar-refractivity contribution < 1.29 is 12.8 Å². The molecule has 0 N–H and O–H groups in total. The summed E-state index contributed by atoms with van der Waals surface area (Å²) in [4.78, 5) is 0.299. The van der Waals surface area contributed by atoms with Gasteiger partial charge in [0.2, 0.25) is 10.0 Å². The fourth-order valence-corrected chi connectivity index (χ4v) is 3.74. The van der Waals surface area contributed by atoms with E-state index in [4.69, 9.17) is 0 Å². The van der Waals surface area contributed by atoms with Gasteiger partial charge in [-0.3, -0.25) is 0 Å². The Hall–Kier alpha value is -1.72. The third kappa shape index (κ3) is 2.34. The fourth-order valence-electron chi connectivity index (χ4n) is 2.19. The highest BCUT2D eigenvalue weighted by atomic mass is 32.2. The van der Waals surface area contributed by atoms with E-state index in [0.29, 0.717) is 11.4 Å². The average Bonchev–Trinajstić information content (AvgIpc) is 3.21. The number of nitrogens with zero attached hydrogens (tertiary/aromatic N) is 1. The second-order valence-electron chi connectivity index (χ2n) is 4.96. The fraction of sp³-hybridized carbons (Fsp3) is 0.200. The number of hydrogen-bond acceptors (Lipinski definition) is 2. The van der Waals surface area contributed by atoms with Crippen molar-refractivity contribution in [3.63, 3.8) is 0 Å². The molecule has 0 aliphatic carbocycles. The van der Waals surface area contributed by atoms with Gasteiger partial charge in [-0.2, -0.15) is 4.31 Å². The maximum Gasteiger partial charge on any atom is 0.243 e. The van der Waals surface area contributed by atoms with Crippen LogP contribution in [-0.4, -0.2) is 19.3 Å². The van der Waals surface area contributed by atoms with Crippen LogP contribution in [0.5, 0.6) is 0 Å². The number of halogens is 1. The van der Waals surface area contributed by atoms with E-state index in [1.807, 2.05) is 6.92 Å². The Balaban J connectivity index is 1.84. The van der Waals surface area contributed by atoms with Crippen molar-refractivity contribution >= 4 is 10.0 Å². The van der Waals surface area contributed by atoms with E-state index in [9.17, 15) is 12.8 Å². The lowest BCUT2D eigenvalue weighted by Gasteiger charge is -2.07. The smallest absolute Gasteiger partial charge is 0.207 e. The summed E-state index contributed by atoms with van der Waals surface area (Å²) >= 11 is 0. The molecule has 0 spiro atoms. The largest absolute Gasteiger partial charge is 0.243 e. The maximum absolute atomic E-state index is 12.9. The average molecular weight is 291 g/mol. The van der Waals surface area contributed by atoms with Gasteiger partial charge >= 0.3 is 0 Å². The second kappa shape index (κ2) is 4.68. The van der Waals surface area contributed by atoms with Crippen molar-refractivity contribution in [2.45, 2.75) is 17.9 Å². The highest BCUT2D eigenvalue weighted by Gasteiger charge is 2.45. The van der Waals surface area contributed by atoms with Gasteiger partial charge in [-0.25, -0.2) is 12.8 Å². The molecule has 2 unspecified atom stereocenters. The van der Waals surface area contributed by atoms with E-state index in [2.05, 4.69) is 0 Å². The lowest BCUT2D eigenvalue weighted by molar-refractivity contribution is 0.554. The molecule has 2 aromatic carbocycles. The standard InChI is InChI=1S/C15H14FNO2S/c1-11-2-8-14(9-3-11)20(18,19)17-10-15(17)12-4-6-13(16)7-5-12/h2-9,15H,10H2,1H3. The molecule has 5 heteroatoms. The monoisotopic (exact) mass is 291 g/mol. The van der Waals surface area contributed by atoms with Crippen molar-refractivity contribution in [1.29, 1.82) is 0 Å². The molecule has 0 bridgehead atoms. The van der Waals surface area contributed by atoms with Crippen LogP contribution in [-0.2, 0) is 10.0 Å². The van der Waals surface area contributed by atoms with Crippen LogP contribution in [0.15, 0.2) is 53.4 Å². The highest BCUT2D eigenvalue weighted by Crippen LogP contribution is 2.40. The number of rotatable bonds is 3. The Kier molecular flexibility index (Phi) is 3.11. The molecule has 0 radical (unpaired) electrons. The summed E-state index contributed by atoms with van der Waals surface area (Å²) in [5, 5.41) is 0. The van der Waals surface area contributed by atoms with E-state index in [0.717, 1.165) is 11.1 Å². The molecule has 0 saturated carbocycles. The minimum Gasteiger partial charge on any atom is -0.207 e. The number of benzene rings is 2. The molecule has 1 saturated heterocycles. The predicted molar refractivity (Wildman–Crippen MR) is 74.2 cm³/mol. The SMILES string of the molecule is Cc1ccc(S(=O)(=O)N2CC2c2ccc(F)cc2)cc1. The Morgan fingerprint density at radius 1 is 1.05 bits per heavy atom. The van der Waals surface area contributed by atoms with Gasteiger partial charge in [0, 0.05) is 6.54 Å². The van der Waals surface area contributed by atoms with Gasteiger partial charge in [0.05, 0.1) is 10.9 Å². The van der Waals surface area contributed by atoms with Gasteiger partial charge in [-0.1, -0.05) is 29.8 Å². The number of hydrogen-bond donors (Lipinski definition) is 0. The number of aryl methyl sites for hydroxylation is 1. The summed E-state index contributed by atoms with van der Waals surface area (Å²) in [6, 6.07) is 12.6. The highest BCUT2D eigenvalue weighted by molar-refractivity contribution is 7.89. The third-order valence-corrected chi connectivity index (χ3v) is 5.34. The zero-order chi connectivity index (χ0) is 14.3. The maximum atomic E-state index is 12.9. The summed E-state index contributed by atoms with van der Waals surface area (Å²) in [5.41, 5.74) is 1.84. The van der Waals surface area contributed by atoms with Gasteiger partial charge < -0.3 is 0 Å². The van der Waals surface area contributed by atoms with Crippen LogP contribution in [0.4, 0.5) is 4.39 Å². The first-order valence-corrected chi connectivity index (χ1v) is 7.76. The van der Waals surface area contributed by atoms with Crippen LogP contribution in [0, 0.1) is 12.7 Å². The van der Waals surface area contributed by atoms with Crippen LogP contribution >= 0.6 is 0 Å². The van der Waals surface area contributed by atoms with Crippen LogP contribution in [0.25, 0.3) is 0 Å². The molecule has 2 atom stereocenters. The molecule has 3 nitrogen and oxygen atoms in total. The third-order valence-electron chi connectivity index (χ3n) is 3.45. The van der Waals surface area contributed by atoms with Crippen molar-refractivity contribution in [2.75, 3.05) is 6.54 Å². The summed E-state index contributed by atoms with van der Waals surface area (Å²) in [7, 11) is -3.45. The summed E-state index contributed by atoms with van der Waals surface area (Å²) < 4.78 is 39.1. The van der Waals surface area contributed by atoms with E-state index in [1.54, 1.807) is 36.4 Å². The van der Waals surface area contributed by atoms with Crippen LogP contribution < -0.4 is 0 Å². The van der Waals surface area contributed by atoms with Crippen molar-refractivity contribution in [2.24, 2.45) is 0 Å². The van der Waals surface area contributed by atoms with Crippen LogP contribution in [0.2, 0.25) is 0 Å². The van der Waals surface area contributed by atoms with Crippen molar-refractivity contribution in [3.05, 3.63) is 65.5 Å². The minimum absolute atomic E-state index is 0.179. The zero-order valence-corrected chi connectivity index (χ0v) is 11.8. The normalized spacial score (nSPS) is 21.7. The van der Waals surface area contributed by atoms with Crippen LogP contribution in [0.3, 0.4) is 0 Å². The minimum atomic E-state index is -3.45. The molecule has 20 heavy (non-hydrogen) atoms. The van der Waals surface area contributed by atoms with E-state index in [1.165, 1.54) is 16.4 Å². The lowest BCUT2D eigenvalue weighted by atomic mass is 10.2. The molecule has 1 heterocycles. The van der Waals surface area contributed by atoms with Gasteiger partial charge in [-0.15, -0.1) is 0 Å². The molecular weight excluding hydrogens is 277 g/mol. The van der Waals surface area contributed by atoms with Gasteiger partial charge in [0.25, 0.3) is 0 Å². The topological polar surface area (TPSA) is 37.1 Å². The summed E-state index contributed by atoms with van der Waals surface area (Å²) in [6.45, 7) is 2.36. The molecule has 0 amide bonds. The number of sulfonamides is 1. The summed E-state index contributed by atoms with van der Waals surface area (Å²) in [5.74, 6) is -0.317. The Morgan fingerprint density at radius 3 is 2.25 bits per heavy atom. The zero-order valence-electron chi connectivity index (χ0n) is 11.0. The first-order valence-electron chi connectivity index (χ1n) is 6.32. The summed E-state index contributed by atoms with van der Waals surface area (Å²) in [6.07, 6.45) is 0. The van der Waals surface area contributed by atoms with Crippen molar-refractivity contribution in [1.82, 2.24) is 4.31 Å².